The van der Waals surface area contributed by atoms with E-state index in [-0.39, 0.29) is 29.9 Å². The Balaban J connectivity index is 1.31. The Kier molecular flexibility index (Phi) is 5.99. The van der Waals surface area contributed by atoms with Gasteiger partial charge in [0.1, 0.15) is 11.7 Å². The Morgan fingerprint density at radius 3 is 2.72 bits per heavy atom. The minimum absolute atomic E-state index is 0.107. The molecule has 0 unspecified atom stereocenters. The summed E-state index contributed by atoms with van der Waals surface area (Å²) in [6.45, 7) is 2.49. The van der Waals surface area contributed by atoms with E-state index >= 15 is 0 Å². The summed E-state index contributed by atoms with van der Waals surface area (Å²) in [5.41, 5.74) is 1.82. The van der Waals surface area contributed by atoms with Crippen LogP contribution in [0.15, 0.2) is 78.0 Å². The lowest BCUT2D eigenvalue weighted by molar-refractivity contribution is -0.385. The second-order valence-corrected chi connectivity index (χ2v) is 8.44. The van der Waals surface area contributed by atoms with Crippen LogP contribution in [0.3, 0.4) is 0 Å². The van der Waals surface area contributed by atoms with E-state index in [0.717, 1.165) is 16.3 Å². The maximum atomic E-state index is 13.1. The summed E-state index contributed by atoms with van der Waals surface area (Å²) in [5.74, 6) is -0.431. The normalized spacial score (nSPS) is 11.1. The van der Waals surface area contributed by atoms with Crippen LogP contribution in [0.25, 0.3) is 21.8 Å². The van der Waals surface area contributed by atoms with E-state index in [0.29, 0.717) is 23.1 Å². The summed E-state index contributed by atoms with van der Waals surface area (Å²) in [4.78, 5) is 40.6. The van der Waals surface area contributed by atoms with Gasteiger partial charge in [0.05, 0.1) is 24.2 Å². The molecule has 0 aliphatic rings. The molecule has 0 saturated heterocycles. The van der Waals surface area contributed by atoms with Crippen LogP contribution in [0.4, 0.5) is 5.69 Å². The van der Waals surface area contributed by atoms with Gasteiger partial charge in [0.25, 0.3) is 17.2 Å². The number of nitro groups is 1. The van der Waals surface area contributed by atoms with Gasteiger partial charge in [-0.1, -0.05) is 48.5 Å². The van der Waals surface area contributed by atoms with Gasteiger partial charge in [0.15, 0.2) is 5.65 Å². The van der Waals surface area contributed by atoms with Gasteiger partial charge in [-0.3, -0.25) is 24.3 Å². The SMILES string of the molecule is Cc1ccc(C(=O)NCCn2ncc3c(=O)n(Cc4cccc5ccccc45)cnc32)cc1[N+](=O)[O-]. The van der Waals surface area contributed by atoms with E-state index in [1.165, 1.54) is 18.6 Å². The molecule has 1 N–H and O–H groups in total. The van der Waals surface area contributed by atoms with Crippen molar-refractivity contribution in [1.29, 1.82) is 0 Å². The summed E-state index contributed by atoms with van der Waals surface area (Å²) in [7, 11) is 0. The lowest BCUT2D eigenvalue weighted by atomic mass is 10.0. The third-order valence-electron chi connectivity index (χ3n) is 6.12. The molecule has 2 aromatic heterocycles. The minimum atomic E-state index is -0.513. The third kappa shape index (κ3) is 4.31. The van der Waals surface area contributed by atoms with Crippen molar-refractivity contribution >= 4 is 33.4 Å². The number of benzene rings is 3. The first-order valence-corrected chi connectivity index (χ1v) is 11.3. The number of aromatic nitrogens is 4. The monoisotopic (exact) mass is 482 g/mol. The van der Waals surface area contributed by atoms with Crippen LogP contribution in [-0.2, 0) is 13.1 Å². The average molecular weight is 483 g/mol. The molecule has 5 rings (SSSR count). The number of nitro benzene ring substituents is 1. The van der Waals surface area contributed by atoms with Gasteiger partial charge in [0, 0.05) is 23.7 Å². The van der Waals surface area contributed by atoms with Crippen LogP contribution in [0, 0.1) is 17.0 Å². The molecule has 3 aromatic carbocycles. The van der Waals surface area contributed by atoms with Gasteiger partial charge in [-0.25, -0.2) is 9.67 Å². The lowest BCUT2D eigenvalue weighted by Gasteiger charge is -2.09. The molecule has 36 heavy (non-hydrogen) atoms. The van der Waals surface area contributed by atoms with Gasteiger partial charge in [-0.2, -0.15) is 5.10 Å². The van der Waals surface area contributed by atoms with Gasteiger partial charge in [0.2, 0.25) is 0 Å². The van der Waals surface area contributed by atoms with Crippen LogP contribution < -0.4 is 10.9 Å². The van der Waals surface area contributed by atoms with Crippen LogP contribution >= 0.6 is 0 Å². The predicted octanol–water partition coefficient (Wildman–Crippen LogP) is 3.44. The van der Waals surface area contributed by atoms with E-state index in [1.54, 1.807) is 28.3 Å². The van der Waals surface area contributed by atoms with Crippen molar-refractivity contribution in [3.63, 3.8) is 0 Å². The lowest BCUT2D eigenvalue weighted by Crippen LogP contribution is -2.28. The molecule has 0 fully saturated rings. The van der Waals surface area contributed by atoms with Crippen molar-refractivity contribution in [3.05, 3.63) is 110 Å². The third-order valence-corrected chi connectivity index (χ3v) is 6.12. The highest BCUT2D eigenvalue weighted by Crippen LogP contribution is 2.20. The van der Waals surface area contributed by atoms with Crippen molar-refractivity contribution in [2.75, 3.05) is 6.54 Å². The zero-order chi connectivity index (χ0) is 25.2. The highest BCUT2D eigenvalue weighted by atomic mass is 16.6. The first-order valence-electron chi connectivity index (χ1n) is 11.3. The molecule has 10 nitrogen and oxygen atoms in total. The van der Waals surface area contributed by atoms with Crippen molar-refractivity contribution in [1.82, 2.24) is 24.6 Å². The number of rotatable bonds is 7. The number of carbonyl (C=O) groups is 1. The van der Waals surface area contributed by atoms with E-state index in [9.17, 15) is 19.7 Å². The number of hydrogen-bond acceptors (Lipinski definition) is 6. The molecule has 0 bridgehead atoms. The second-order valence-electron chi connectivity index (χ2n) is 8.44. The predicted molar refractivity (Wildman–Crippen MR) is 135 cm³/mol. The molecule has 180 valence electrons. The van der Waals surface area contributed by atoms with Crippen molar-refractivity contribution in [2.24, 2.45) is 0 Å². The second kappa shape index (κ2) is 9.41. The van der Waals surface area contributed by atoms with Crippen molar-refractivity contribution < 1.29 is 9.72 Å². The summed E-state index contributed by atoms with van der Waals surface area (Å²) in [6, 6.07) is 18.4. The molecule has 0 spiro atoms. The van der Waals surface area contributed by atoms with Gasteiger partial charge in [-0.15, -0.1) is 0 Å². The summed E-state index contributed by atoms with van der Waals surface area (Å²) in [5, 5.41) is 20.7. The summed E-state index contributed by atoms with van der Waals surface area (Å²) < 4.78 is 3.11. The van der Waals surface area contributed by atoms with Gasteiger partial charge in [-0.05, 0) is 29.3 Å². The maximum Gasteiger partial charge on any atom is 0.273 e. The first-order chi connectivity index (χ1) is 17.4. The molecule has 2 heterocycles. The molecule has 0 aliphatic heterocycles. The Hall–Kier alpha value is -4.86. The van der Waals surface area contributed by atoms with Crippen molar-refractivity contribution in [2.45, 2.75) is 20.0 Å². The molecule has 0 radical (unpaired) electrons. The minimum Gasteiger partial charge on any atom is -0.350 e. The fourth-order valence-corrected chi connectivity index (χ4v) is 4.21. The Morgan fingerprint density at radius 2 is 1.89 bits per heavy atom. The molecule has 1 amide bonds. The summed E-state index contributed by atoms with van der Waals surface area (Å²) >= 11 is 0. The first kappa shape index (κ1) is 22.9. The maximum absolute atomic E-state index is 13.1. The average Bonchev–Trinajstić information content (AvgIpc) is 3.29. The van der Waals surface area contributed by atoms with E-state index in [1.807, 2.05) is 42.5 Å². The smallest absolute Gasteiger partial charge is 0.273 e. The fourth-order valence-electron chi connectivity index (χ4n) is 4.21. The Labute approximate surface area is 205 Å². The number of amides is 1. The molecular formula is C26H22N6O4. The zero-order valence-corrected chi connectivity index (χ0v) is 19.4. The summed E-state index contributed by atoms with van der Waals surface area (Å²) in [6.07, 6.45) is 2.99. The molecule has 5 aromatic rings. The number of carbonyl (C=O) groups excluding carboxylic acids is 1. The van der Waals surface area contributed by atoms with Crippen LogP contribution in [0.5, 0.6) is 0 Å². The van der Waals surface area contributed by atoms with Crippen LogP contribution in [0.2, 0.25) is 0 Å². The highest BCUT2D eigenvalue weighted by molar-refractivity contribution is 5.95. The standard InChI is InChI=1S/C26H22N6O4/c1-17-9-10-19(13-23(17)32(35)36)25(33)27-11-12-31-24-22(14-29-31)26(34)30(16-28-24)15-20-7-4-6-18-5-2-3-8-21(18)20/h2-10,13-14,16H,11-12,15H2,1H3,(H,27,33). The molecular weight excluding hydrogens is 460 g/mol. The number of hydrogen-bond donors (Lipinski definition) is 1. The van der Waals surface area contributed by atoms with E-state index < -0.39 is 10.8 Å². The quantitative estimate of drug-likeness (QED) is 0.280. The van der Waals surface area contributed by atoms with E-state index in [2.05, 4.69) is 15.4 Å². The van der Waals surface area contributed by atoms with Crippen molar-refractivity contribution in [3.8, 4) is 0 Å². The van der Waals surface area contributed by atoms with Crippen LogP contribution in [-0.4, -0.2) is 36.7 Å². The molecule has 0 aliphatic carbocycles. The Morgan fingerprint density at radius 1 is 1.08 bits per heavy atom. The zero-order valence-electron chi connectivity index (χ0n) is 19.4. The fraction of sp³-hybridized carbons (Fsp3) is 0.154. The van der Waals surface area contributed by atoms with E-state index in [4.69, 9.17) is 0 Å². The number of fused-ring (bicyclic) bond motifs is 2. The topological polar surface area (TPSA) is 125 Å². The number of nitrogens with zero attached hydrogens (tertiary/aromatic N) is 5. The molecule has 0 saturated carbocycles. The number of nitrogens with one attached hydrogen (secondary N) is 1. The number of aryl methyl sites for hydroxylation is 1. The Bertz CT molecular complexity index is 1680. The largest absolute Gasteiger partial charge is 0.350 e. The van der Waals surface area contributed by atoms with Gasteiger partial charge >= 0.3 is 0 Å². The molecule has 0 atom stereocenters. The van der Waals surface area contributed by atoms with Crippen LogP contribution in [0.1, 0.15) is 21.5 Å². The van der Waals surface area contributed by atoms with Gasteiger partial charge < -0.3 is 5.32 Å². The molecule has 10 heteroatoms. The highest BCUT2D eigenvalue weighted by Gasteiger charge is 2.15.